The third-order valence-electron chi connectivity index (χ3n) is 4.55. The molecule has 0 saturated carbocycles. The summed E-state index contributed by atoms with van der Waals surface area (Å²) in [4.78, 5) is 37.6. The minimum Gasteiger partial charge on any atom is -0.362 e. The van der Waals surface area contributed by atoms with Crippen molar-refractivity contribution in [3.8, 4) is 0 Å². The molecule has 27 heavy (non-hydrogen) atoms. The average Bonchev–Trinajstić information content (AvgIpc) is 2.64. The number of unbranched alkanes of at least 4 members (excludes halogenated alkanes) is 2. The van der Waals surface area contributed by atoms with Crippen LogP contribution in [-0.4, -0.2) is 54.4 Å². The van der Waals surface area contributed by atoms with Gasteiger partial charge in [-0.1, -0.05) is 18.0 Å². The molecule has 0 bridgehead atoms. The fourth-order valence-electron chi connectivity index (χ4n) is 3.11. The first-order valence-corrected chi connectivity index (χ1v) is 9.47. The topological polar surface area (TPSA) is 95.8 Å². The number of carbonyl (C=O) groups is 2. The van der Waals surface area contributed by atoms with Crippen molar-refractivity contribution < 1.29 is 14.5 Å². The Bertz CT molecular complexity index is 690. The lowest BCUT2D eigenvalue weighted by molar-refractivity contribution is -0.384. The number of amides is 2. The maximum Gasteiger partial charge on any atom is 0.294 e. The molecule has 1 heterocycles. The number of rotatable bonds is 8. The van der Waals surface area contributed by atoms with Crippen LogP contribution in [0.3, 0.4) is 0 Å². The highest BCUT2D eigenvalue weighted by molar-refractivity contribution is 6.30. The Morgan fingerprint density at radius 1 is 1.19 bits per heavy atom. The summed E-state index contributed by atoms with van der Waals surface area (Å²) in [5.41, 5.74) is 0.524. The first-order valence-electron chi connectivity index (χ1n) is 9.09. The fourth-order valence-corrected chi connectivity index (χ4v) is 3.27. The standard InChI is InChI=1S/C18H25ClN4O4/c1-14(24)20-8-4-2-3-5-18(25)22-11-9-21(10-12-22)16-7-6-15(19)13-17(16)23(26)27/h6-7,13H,2-5,8-12H2,1H3,(H,20,24). The molecule has 9 heteroatoms. The molecule has 1 fully saturated rings. The quantitative estimate of drug-likeness (QED) is 0.414. The van der Waals surface area contributed by atoms with Crippen molar-refractivity contribution in [3.63, 3.8) is 0 Å². The van der Waals surface area contributed by atoms with E-state index in [1.54, 1.807) is 12.1 Å². The van der Waals surface area contributed by atoms with Crippen molar-refractivity contribution in [1.29, 1.82) is 0 Å². The zero-order chi connectivity index (χ0) is 19.8. The lowest BCUT2D eigenvalue weighted by Gasteiger charge is -2.36. The van der Waals surface area contributed by atoms with Gasteiger partial charge in [0.2, 0.25) is 11.8 Å². The molecular weight excluding hydrogens is 372 g/mol. The molecular formula is C18H25ClN4O4. The summed E-state index contributed by atoms with van der Waals surface area (Å²) in [5.74, 6) is 0.0738. The van der Waals surface area contributed by atoms with Gasteiger partial charge in [-0.3, -0.25) is 19.7 Å². The van der Waals surface area contributed by atoms with E-state index in [2.05, 4.69) is 5.32 Å². The van der Waals surface area contributed by atoms with Crippen LogP contribution in [0.25, 0.3) is 0 Å². The summed E-state index contributed by atoms with van der Waals surface area (Å²) >= 11 is 5.86. The number of anilines is 1. The normalized spacial score (nSPS) is 14.1. The average molecular weight is 397 g/mol. The predicted molar refractivity (Wildman–Crippen MR) is 104 cm³/mol. The van der Waals surface area contributed by atoms with Crippen LogP contribution in [0.2, 0.25) is 5.02 Å². The number of carbonyl (C=O) groups excluding carboxylic acids is 2. The first-order chi connectivity index (χ1) is 12.9. The van der Waals surface area contributed by atoms with Crippen LogP contribution in [0.15, 0.2) is 18.2 Å². The molecule has 2 rings (SSSR count). The van der Waals surface area contributed by atoms with Crippen LogP contribution < -0.4 is 10.2 Å². The number of benzene rings is 1. The van der Waals surface area contributed by atoms with Gasteiger partial charge >= 0.3 is 0 Å². The lowest BCUT2D eigenvalue weighted by Crippen LogP contribution is -2.48. The van der Waals surface area contributed by atoms with Crippen molar-refractivity contribution in [2.75, 3.05) is 37.6 Å². The van der Waals surface area contributed by atoms with Gasteiger partial charge in [-0.25, -0.2) is 0 Å². The van der Waals surface area contributed by atoms with Crippen molar-refractivity contribution in [2.45, 2.75) is 32.6 Å². The minimum atomic E-state index is -0.431. The number of nitro benzene ring substituents is 1. The van der Waals surface area contributed by atoms with Crippen molar-refractivity contribution in [2.24, 2.45) is 0 Å². The van der Waals surface area contributed by atoms with Crippen LogP contribution in [0.1, 0.15) is 32.6 Å². The number of piperazine rings is 1. The fraction of sp³-hybridized carbons (Fsp3) is 0.556. The van der Waals surface area contributed by atoms with Gasteiger partial charge in [0, 0.05) is 57.2 Å². The van der Waals surface area contributed by atoms with E-state index in [-0.39, 0.29) is 17.5 Å². The van der Waals surface area contributed by atoms with E-state index in [0.29, 0.717) is 49.9 Å². The van der Waals surface area contributed by atoms with Crippen molar-refractivity contribution in [1.82, 2.24) is 10.2 Å². The smallest absolute Gasteiger partial charge is 0.294 e. The second-order valence-corrected chi connectivity index (χ2v) is 6.99. The highest BCUT2D eigenvalue weighted by atomic mass is 35.5. The molecule has 1 N–H and O–H groups in total. The van der Waals surface area contributed by atoms with Gasteiger partial charge in [0.25, 0.3) is 5.69 Å². The monoisotopic (exact) mass is 396 g/mol. The third kappa shape index (κ3) is 6.39. The molecule has 1 aliphatic rings. The van der Waals surface area contributed by atoms with Crippen LogP contribution in [0, 0.1) is 10.1 Å². The van der Waals surface area contributed by atoms with Gasteiger partial charge in [0.05, 0.1) is 4.92 Å². The second kappa shape index (κ2) is 10.1. The number of nitrogens with one attached hydrogen (secondary N) is 1. The van der Waals surface area contributed by atoms with Crippen molar-refractivity contribution >= 4 is 34.8 Å². The van der Waals surface area contributed by atoms with Crippen LogP contribution >= 0.6 is 11.6 Å². The van der Waals surface area contributed by atoms with Crippen LogP contribution in [0.4, 0.5) is 11.4 Å². The highest BCUT2D eigenvalue weighted by Crippen LogP contribution is 2.31. The summed E-state index contributed by atoms with van der Waals surface area (Å²) in [6, 6.07) is 4.66. The van der Waals surface area contributed by atoms with Crippen LogP contribution in [-0.2, 0) is 9.59 Å². The Labute approximate surface area is 163 Å². The van der Waals surface area contributed by atoms with E-state index in [1.807, 2.05) is 9.80 Å². The van der Waals surface area contributed by atoms with E-state index in [0.717, 1.165) is 19.3 Å². The Balaban J connectivity index is 1.77. The number of nitro groups is 1. The molecule has 0 atom stereocenters. The molecule has 8 nitrogen and oxygen atoms in total. The molecule has 2 amide bonds. The maximum absolute atomic E-state index is 12.3. The molecule has 148 valence electrons. The maximum atomic E-state index is 12.3. The Morgan fingerprint density at radius 2 is 1.89 bits per heavy atom. The Morgan fingerprint density at radius 3 is 2.52 bits per heavy atom. The van der Waals surface area contributed by atoms with E-state index >= 15 is 0 Å². The molecule has 1 aromatic carbocycles. The van der Waals surface area contributed by atoms with Gasteiger partial charge in [0.1, 0.15) is 5.69 Å². The zero-order valence-electron chi connectivity index (χ0n) is 15.4. The van der Waals surface area contributed by atoms with Gasteiger partial charge < -0.3 is 15.1 Å². The molecule has 0 unspecified atom stereocenters. The summed E-state index contributed by atoms with van der Waals surface area (Å²) in [7, 11) is 0. The summed E-state index contributed by atoms with van der Waals surface area (Å²) in [5, 5.41) is 14.3. The second-order valence-electron chi connectivity index (χ2n) is 6.55. The summed E-state index contributed by atoms with van der Waals surface area (Å²) < 4.78 is 0. The Hall–Kier alpha value is -2.35. The lowest BCUT2D eigenvalue weighted by atomic mass is 10.1. The molecule has 1 aliphatic heterocycles. The highest BCUT2D eigenvalue weighted by Gasteiger charge is 2.25. The number of halogens is 1. The summed E-state index contributed by atoms with van der Waals surface area (Å²) in [6.07, 6.45) is 3.03. The van der Waals surface area contributed by atoms with Gasteiger partial charge in [-0.2, -0.15) is 0 Å². The third-order valence-corrected chi connectivity index (χ3v) is 4.78. The number of hydrogen-bond acceptors (Lipinski definition) is 5. The van der Waals surface area contributed by atoms with E-state index in [1.165, 1.54) is 13.0 Å². The number of nitrogens with zero attached hydrogens (tertiary/aromatic N) is 3. The minimum absolute atomic E-state index is 0.0125. The predicted octanol–water partition coefficient (Wildman–Crippen LogP) is 2.59. The SMILES string of the molecule is CC(=O)NCCCCCC(=O)N1CCN(c2ccc(Cl)cc2[N+](=O)[O-])CC1. The largest absolute Gasteiger partial charge is 0.362 e. The van der Waals surface area contributed by atoms with Gasteiger partial charge in [-0.15, -0.1) is 0 Å². The molecule has 1 aromatic rings. The molecule has 0 radical (unpaired) electrons. The first kappa shape index (κ1) is 21.0. The molecule has 0 spiro atoms. The molecule has 0 aliphatic carbocycles. The molecule has 0 aromatic heterocycles. The van der Waals surface area contributed by atoms with Crippen molar-refractivity contribution in [3.05, 3.63) is 33.3 Å². The van der Waals surface area contributed by atoms with E-state index in [4.69, 9.17) is 11.6 Å². The van der Waals surface area contributed by atoms with Crippen LogP contribution in [0.5, 0.6) is 0 Å². The number of hydrogen-bond donors (Lipinski definition) is 1. The molecule has 1 saturated heterocycles. The Kier molecular flexibility index (Phi) is 7.84. The van der Waals surface area contributed by atoms with Gasteiger partial charge in [-0.05, 0) is 25.0 Å². The van der Waals surface area contributed by atoms with E-state index in [9.17, 15) is 19.7 Å². The van der Waals surface area contributed by atoms with E-state index < -0.39 is 4.92 Å². The zero-order valence-corrected chi connectivity index (χ0v) is 16.2. The summed E-state index contributed by atoms with van der Waals surface area (Å²) in [6.45, 7) is 4.33. The van der Waals surface area contributed by atoms with Gasteiger partial charge in [0.15, 0.2) is 0 Å².